The van der Waals surface area contributed by atoms with E-state index in [1.165, 1.54) is 0 Å². The van der Waals surface area contributed by atoms with Crippen molar-refractivity contribution in [2.75, 3.05) is 18.6 Å². The van der Waals surface area contributed by atoms with Crippen molar-refractivity contribution in [2.24, 2.45) is 0 Å². The second-order valence-electron chi connectivity index (χ2n) is 4.17. The van der Waals surface area contributed by atoms with E-state index >= 15 is 0 Å². The number of sulfonamides is 1. The van der Waals surface area contributed by atoms with Crippen molar-refractivity contribution in [1.29, 1.82) is 0 Å². The molecule has 0 aliphatic heterocycles. The Labute approximate surface area is 138 Å². The lowest BCUT2D eigenvalue weighted by molar-refractivity contribution is 0.0697. The first kappa shape index (κ1) is 18.6. The molecule has 0 unspecified atom stereocenters. The minimum Gasteiger partial charge on any atom is -0.478 e. The monoisotopic (exact) mass is 371 g/mol. The molecule has 0 aliphatic carbocycles. The van der Waals surface area contributed by atoms with Crippen LogP contribution in [0.1, 0.15) is 23.2 Å². The lowest BCUT2D eigenvalue weighted by Gasteiger charge is -2.10. The third kappa shape index (κ3) is 5.34. The Morgan fingerprint density at radius 1 is 1.33 bits per heavy atom. The summed E-state index contributed by atoms with van der Waals surface area (Å²) in [4.78, 5) is 10.7. The van der Waals surface area contributed by atoms with Crippen LogP contribution in [0.2, 0.25) is 10.0 Å². The maximum atomic E-state index is 12.2. The zero-order chi connectivity index (χ0) is 16.0. The molecule has 118 valence electrons. The van der Waals surface area contributed by atoms with E-state index < -0.39 is 16.0 Å². The highest BCUT2D eigenvalue weighted by atomic mass is 35.5. The van der Waals surface area contributed by atoms with Gasteiger partial charge in [-0.25, -0.2) is 17.9 Å². The molecular formula is C12H15Cl2NO4S2. The molecule has 5 nitrogen and oxygen atoms in total. The fourth-order valence-corrected chi connectivity index (χ4v) is 4.04. The largest absolute Gasteiger partial charge is 0.478 e. The van der Waals surface area contributed by atoms with Crippen molar-refractivity contribution in [2.45, 2.75) is 17.7 Å². The molecule has 21 heavy (non-hydrogen) atoms. The molecule has 0 atom stereocenters. The van der Waals surface area contributed by atoms with Crippen LogP contribution in [0.25, 0.3) is 0 Å². The number of carbonyl (C=O) groups is 1. The highest BCUT2D eigenvalue weighted by Gasteiger charge is 2.23. The van der Waals surface area contributed by atoms with Crippen molar-refractivity contribution >= 4 is 51.0 Å². The smallest absolute Gasteiger partial charge is 0.337 e. The average molecular weight is 372 g/mol. The molecule has 1 rings (SSSR count). The van der Waals surface area contributed by atoms with Crippen molar-refractivity contribution in [1.82, 2.24) is 4.72 Å². The van der Waals surface area contributed by atoms with Crippen LogP contribution in [0, 0.1) is 0 Å². The lowest BCUT2D eigenvalue weighted by Crippen LogP contribution is -2.25. The zero-order valence-corrected chi connectivity index (χ0v) is 14.4. The van der Waals surface area contributed by atoms with E-state index in [2.05, 4.69) is 4.72 Å². The van der Waals surface area contributed by atoms with Crippen LogP contribution in [-0.2, 0) is 10.0 Å². The molecule has 0 bridgehead atoms. The van der Waals surface area contributed by atoms with Gasteiger partial charge in [-0.3, -0.25) is 0 Å². The normalized spacial score (nSPS) is 11.6. The summed E-state index contributed by atoms with van der Waals surface area (Å²) in [6.07, 6.45) is 3.54. The summed E-state index contributed by atoms with van der Waals surface area (Å²) in [6, 6.07) is 2.25. The van der Waals surface area contributed by atoms with Crippen LogP contribution in [-0.4, -0.2) is 38.0 Å². The molecule has 2 N–H and O–H groups in total. The molecule has 0 aliphatic rings. The summed E-state index contributed by atoms with van der Waals surface area (Å²) in [6.45, 7) is 0.258. The molecule has 0 spiro atoms. The van der Waals surface area contributed by atoms with Crippen LogP contribution in [0.4, 0.5) is 0 Å². The van der Waals surface area contributed by atoms with Gasteiger partial charge in [-0.15, -0.1) is 0 Å². The maximum absolute atomic E-state index is 12.2. The summed E-state index contributed by atoms with van der Waals surface area (Å²) < 4.78 is 26.7. The molecule has 0 saturated heterocycles. The number of benzene rings is 1. The molecule has 0 heterocycles. The van der Waals surface area contributed by atoms with Crippen LogP contribution < -0.4 is 4.72 Å². The van der Waals surface area contributed by atoms with E-state index in [-0.39, 0.29) is 27.0 Å². The van der Waals surface area contributed by atoms with Crippen molar-refractivity contribution in [3.05, 3.63) is 27.7 Å². The Kier molecular flexibility index (Phi) is 7.29. The summed E-state index contributed by atoms with van der Waals surface area (Å²) in [5, 5.41) is 8.65. The number of nitrogens with one attached hydrogen (secondary N) is 1. The first-order valence-corrected chi connectivity index (χ1v) is 9.64. The summed E-state index contributed by atoms with van der Waals surface area (Å²) in [5.74, 6) is -0.387. The second kappa shape index (κ2) is 8.24. The van der Waals surface area contributed by atoms with Crippen molar-refractivity contribution in [3.63, 3.8) is 0 Å². The number of unbranched alkanes of at least 4 members (excludes halogenated alkanes) is 1. The Morgan fingerprint density at radius 2 is 2.00 bits per heavy atom. The number of carboxylic acids is 1. The first-order valence-electron chi connectivity index (χ1n) is 6.00. The number of thioether (sulfide) groups is 1. The minimum atomic E-state index is -3.89. The van der Waals surface area contributed by atoms with Crippen LogP contribution in [0.15, 0.2) is 17.0 Å². The average Bonchev–Trinajstić information content (AvgIpc) is 2.40. The predicted octanol–water partition coefficient (Wildman–Crippen LogP) is 3.11. The fourth-order valence-electron chi connectivity index (χ4n) is 1.57. The van der Waals surface area contributed by atoms with Crippen molar-refractivity contribution < 1.29 is 18.3 Å². The molecular weight excluding hydrogens is 357 g/mol. The Hall–Kier alpha value is -0.470. The first-order chi connectivity index (χ1) is 9.79. The van der Waals surface area contributed by atoms with Gasteiger partial charge >= 0.3 is 5.97 Å². The van der Waals surface area contributed by atoms with Gasteiger partial charge in [0.1, 0.15) is 4.90 Å². The van der Waals surface area contributed by atoms with E-state index in [1.54, 1.807) is 11.8 Å². The van der Waals surface area contributed by atoms with Gasteiger partial charge in [-0.1, -0.05) is 23.2 Å². The number of halogens is 2. The molecule has 1 aromatic carbocycles. The molecule has 0 saturated carbocycles. The van der Waals surface area contributed by atoms with Gasteiger partial charge in [0.2, 0.25) is 10.0 Å². The third-order valence-electron chi connectivity index (χ3n) is 2.59. The molecule has 1 aromatic rings. The molecule has 9 heteroatoms. The molecule has 0 radical (unpaired) electrons. The Balaban J connectivity index is 2.95. The van der Waals surface area contributed by atoms with E-state index in [4.69, 9.17) is 28.3 Å². The third-order valence-corrected chi connectivity index (χ3v) is 5.51. The highest BCUT2D eigenvalue weighted by molar-refractivity contribution is 7.98. The van der Waals surface area contributed by atoms with Gasteiger partial charge in [0.05, 0.1) is 10.6 Å². The zero-order valence-electron chi connectivity index (χ0n) is 11.2. The topological polar surface area (TPSA) is 83.5 Å². The molecule has 0 aromatic heterocycles. The van der Waals surface area contributed by atoms with Gasteiger partial charge in [0, 0.05) is 11.6 Å². The van der Waals surface area contributed by atoms with Gasteiger partial charge in [0.25, 0.3) is 0 Å². The summed E-state index contributed by atoms with van der Waals surface area (Å²) in [7, 11) is -3.89. The number of hydrogen-bond acceptors (Lipinski definition) is 4. The van der Waals surface area contributed by atoms with Gasteiger partial charge in [0.15, 0.2) is 0 Å². The Morgan fingerprint density at radius 3 is 2.57 bits per heavy atom. The molecule has 0 amide bonds. The van der Waals surface area contributed by atoms with Crippen molar-refractivity contribution in [3.8, 4) is 0 Å². The van der Waals surface area contributed by atoms with Gasteiger partial charge < -0.3 is 5.11 Å². The van der Waals surface area contributed by atoms with Crippen LogP contribution >= 0.6 is 35.0 Å². The number of carboxylic acid groups (broad SMARTS) is 1. The summed E-state index contributed by atoms with van der Waals surface area (Å²) in [5.41, 5.74) is -0.341. The number of hydrogen-bond donors (Lipinski definition) is 2. The Bertz CT molecular complexity index is 620. The lowest BCUT2D eigenvalue weighted by atomic mass is 10.2. The fraction of sp³-hybridized carbons (Fsp3) is 0.417. The van der Waals surface area contributed by atoms with E-state index in [1.807, 2.05) is 6.26 Å². The minimum absolute atomic E-state index is 0.000409. The quantitative estimate of drug-likeness (QED) is 0.685. The predicted molar refractivity (Wildman–Crippen MR) is 86.2 cm³/mol. The van der Waals surface area contributed by atoms with E-state index in [0.29, 0.717) is 6.42 Å². The van der Waals surface area contributed by atoms with Gasteiger partial charge in [-0.05, 0) is 37.0 Å². The standard InChI is InChI=1S/C12H15Cl2NO4S2/c1-20-5-3-2-4-15-21(18,19)10-7-8(13)6-9(11(10)14)12(16)17/h6-7,15H,2-5H2,1H3,(H,16,17). The van der Waals surface area contributed by atoms with Gasteiger partial charge in [-0.2, -0.15) is 11.8 Å². The molecule has 0 fully saturated rings. The maximum Gasteiger partial charge on any atom is 0.337 e. The van der Waals surface area contributed by atoms with Crippen LogP contribution in [0.5, 0.6) is 0 Å². The van der Waals surface area contributed by atoms with Crippen LogP contribution in [0.3, 0.4) is 0 Å². The summed E-state index contributed by atoms with van der Waals surface area (Å²) >= 11 is 13.3. The highest BCUT2D eigenvalue weighted by Crippen LogP contribution is 2.29. The van der Waals surface area contributed by atoms with E-state index in [9.17, 15) is 13.2 Å². The number of aromatic carboxylic acids is 1. The second-order valence-corrected chi connectivity index (χ2v) is 7.70. The van der Waals surface area contributed by atoms with E-state index in [0.717, 1.165) is 24.3 Å². The number of rotatable bonds is 8. The SMILES string of the molecule is CSCCCCNS(=O)(=O)c1cc(Cl)cc(C(=O)O)c1Cl.